The molecule has 0 aliphatic carbocycles. The highest BCUT2D eigenvalue weighted by Crippen LogP contribution is 2.07. The molecular formula is C16H34N4O3. The van der Waals surface area contributed by atoms with Gasteiger partial charge in [-0.1, -0.05) is 27.7 Å². The quantitative estimate of drug-likeness (QED) is 0.699. The number of hydrazine groups is 2. The Hall–Kier alpha value is -1.34. The molecule has 7 nitrogen and oxygen atoms in total. The average Bonchev–Trinajstić information content (AvgIpc) is 2.33. The van der Waals surface area contributed by atoms with Crippen LogP contribution in [0.25, 0.3) is 0 Å². The monoisotopic (exact) mass is 330 g/mol. The maximum Gasteiger partial charge on any atom is 0.426 e. The fourth-order valence-electron chi connectivity index (χ4n) is 1.91. The molecule has 2 N–H and O–H groups in total. The van der Waals surface area contributed by atoms with Gasteiger partial charge >= 0.3 is 6.09 Å². The summed E-state index contributed by atoms with van der Waals surface area (Å²) in [6.07, 6.45) is -0.619. The summed E-state index contributed by atoms with van der Waals surface area (Å²) in [6, 6.07) is 0. The number of amides is 2. The summed E-state index contributed by atoms with van der Waals surface area (Å²) < 4.78 is 5.22. The maximum atomic E-state index is 12.5. The van der Waals surface area contributed by atoms with Gasteiger partial charge in [0.15, 0.2) is 0 Å². The maximum absolute atomic E-state index is 12.5. The number of carbonyl (C=O) groups excluding carboxylic acids is 2. The van der Waals surface area contributed by atoms with E-state index in [0.29, 0.717) is 12.5 Å². The van der Waals surface area contributed by atoms with Crippen molar-refractivity contribution in [2.75, 3.05) is 26.7 Å². The van der Waals surface area contributed by atoms with Gasteiger partial charge in [-0.3, -0.25) is 10.2 Å². The van der Waals surface area contributed by atoms with Crippen LogP contribution in [-0.2, 0) is 9.53 Å². The second kappa shape index (κ2) is 9.72. The lowest BCUT2D eigenvalue weighted by atomic mass is 10.2. The highest BCUT2D eigenvalue weighted by molar-refractivity contribution is 5.80. The molecule has 0 heterocycles. The van der Waals surface area contributed by atoms with Gasteiger partial charge in [-0.05, 0) is 39.7 Å². The molecule has 0 aromatic carbocycles. The Morgan fingerprint density at radius 1 is 1.04 bits per heavy atom. The predicted molar refractivity (Wildman–Crippen MR) is 91.4 cm³/mol. The van der Waals surface area contributed by atoms with Crippen molar-refractivity contribution in [3.63, 3.8) is 0 Å². The van der Waals surface area contributed by atoms with E-state index in [1.807, 2.05) is 18.9 Å². The van der Waals surface area contributed by atoms with Crippen molar-refractivity contribution in [2.24, 2.45) is 11.8 Å². The zero-order chi connectivity index (χ0) is 18.2. The van der Waals surface area contributed by atoms with Gasteiger partial charge in [-0.2, -0.15) is 0 Å². The first-order valence-corrected chi connectivity index (χ1v) is 8.17. The Bertz CT molecular complexity index is 378. The van der Waals surface area contributed by atoms with Crippen molar-refractivity contribution in [3.05, 3.63) is 0 Å². The van der Waals surface area contributed by atoms with Crippen molar-refractivity contribution in [2.45, 2.75) is 54.1 Å². The largest absolute Gasteiger partial charge is 0.443 e. The van der Waals surface area contributed by atoms with Gasteiger partial charge in [-0.15, -0.1) is 0 Å². The summed E-state index contributed by atoms with van der Waals surface area (Å²) in [7, 11) is 1.78. The van der Waals surface area contributed by atoms with Gasteiger partial charge in [0.1, 0.15) is 5.60 Å². The van der Waals surface area contributed by atoms with Crippen LogP contribution in [0, 0.1) is 11.8 Å². The number of hydrogen-bond acceptors (Lipinski definition) is 5. The third kappa shape index (κ3) is 10.9. The van der Waals surface area contributed by atoms with Crippen molar-refractivity contribution < 1.29 is 14.3 Å². The molecule has 0 aliphatic heterocycles. The lowest BCUT2D eigenvalue weighted by Crippen LogP contribution is -2.54. The molecular weight excluding hydrogens is 296 g/mol. The summed E-state index contributed by atoms with van der Waals surface area (Å²) in [6.45, 7) is 14.8. The minimum absolute atomic E-state index is 0.178. The minimum Gasteiger partial charge on any atom is -0.443 e. The number of nitrogens with zero attached hydrogens (tertiary/aromatic N) is 2. The second-order valence-corrected chi connectivity index (χ2v) is 7.51. The molecule has 23 heavy (non-hydrogen) atoms. The van der Waals surface area contributed by atoms with Crippen molar-refractivity contribution in [1.82, 2.24) is 20.9 Å². The van der Waals surface area contributed by atoms with Crippen molar-refractivity contribution in [1.29, 1.82) is 0 Å². The molecule has 0 fully saturated rings. The SMILES string of the molecule is CNN(CC(=O)N(CC(C)C)NC(=O)OC(C)(C)C)CC(C)C. The summed E-state index contributed by atoms with van der Waals surface area (Å²) in [4.78, 5) is 24.4. The smallest absolute Gasteiger partial charge is 0.426 e. The van der Waals surface area contributed by atoms with E-state index in [4.69, 9.17) is 4.74 Å². The number of carbonyl (C=O) groups is 2. The van der Waals surface area contributed by atoms with Crippen molar-refractivity contribution >= 4 is 12.0 Å². The Kier molecular flexibility index (Phi) is 9.16. The molecule has 0 aromatic heterocycles. The summed E-state index contributed by atoms with van der Waals surface area (Å²) in [5, 5.41) is 3.17. The predicted octanol–water partition coefficient (Wildman–Crippen LogP) is 2.00. The van der Waals surface area contributed by atoms with E-state index >= 15 is 0 Å². The molecule has 0 saturated heterocycles. The fourth-order valence-corrected chi connectivity index (χ4v) is 1.91. The Balaban J connectivity index is 4.81. The molecule has 0 bridgehead atoms. The van der Waals surface area contributed by atoms with Crippen LogP contribution in [0.4, 0.5) is 4.79 Å². The van der Waals surface area contributed by atoms with Gasteiger partial charge in [0.25, 0.3) is 5.91 Å². The topological polar surface area (TPSA) is 73.9 Å². The molecule has 0 radical (unpaired) electrons. The molecule has 0 spiro atoms. The lowest BCUT2D eigenvalue weighted by Gasteiger charge is -2.30. The van der Waals surface area contributed by atoms with Gasteiger partial charge in [0, 0.05) is 13.1 Å². The summed E-state index contributed by atoms with van der Waals surface area (Å²) in [5.41, 5.74) is 4.96. The van der Waals surface area contributed by atoms with E-state index in [2.05, 4.69) is 24.7 Å². The standard InChI is InChI=1S/C16H34N4O3/c1-12(2)9-19(17-8)11-14(21)20(10-13(3)4)18-15(22)23-16(5,6)7/h12-13,17H,9-11H2,1-8H3,(H,18,22). The number of ether oxygens (including phenoxy) is 1. The van der Waals surface area contributed by atoms with Crippen LogP contribution < -0.4 is 10.9 Å². The van der Waals surface area contributed by atoms with E-state index in [9.17, 15) is 9.59 Å². The van der Waals surface area contributed by atoms with E-state index in [1.54, 1.807) is 27.8 Å². The van der Waals surface area contributed by atoms with Crippen LogP contribution >= 0.6 is 0 Å². The first-order chi connectivity index (χ1) is 10.4. The van der Waals surface area contributed by atoms with E-state index in [0.717, 1.165) is 6.54 Å². The zero-order valence-corrected chi connectivity index (χ0v) is 15.9. The van der Waals surface area contributed by atoms with E-state index < -0.39 is 11.7 Å². The molecule has 0 atom stereocenters. The average molecular weight is 330 g/mol. The van der Waals surface area contributed by atoms with E-state index in [-0.39, 0.29) is 18.4 Å². The third-order valence-electron chi connectivity index (χ3n) is 2.70. The van der Waals surface area contributed by atoms with Crippen LogP contribution in [0.3, 0.4) is 0 Å². The van der Waals surface area contributed by atoms with Gasteiger partial charge < -0.3 is 4.74 Å². The third-order valence-corrected chi connectivity index (χ3v) is 2.70. The van der Waals surface area contributed by atoms with Crippen LogP contribution in [0.15, 0.2) is 0 Å². The molecule has 0 unspecified atom stereocenters. The molecule has 136 valence electrons. The van der Waals surface area contributed by atoms with Gasteiger partial charge in [-0.25, -0.2) is 20.2 Å². The number of hydrogen-bond donors (Lipinski definition) is 2. The van der Waals surface area contributed by atoms with Crippen LogP contribution in [0.2, 0.25) is 0 Å². The fraction of sp³-hybridized carbons (Fsp3) is 0.875. The highest BCUT2D eigenvalue weighted by atomic mass is 16.6. The van der Waals surface area contributed by atoms with Crippen LogP contribution in [0.5, 0.6) is 0 Å². The molecule has 7 heteroatoms. The molecule has 0 rings (SSSR count). The number of rotatable bonds is 7. The molecule has 2 amide bonds. The van der Waals surface area contributed by atoms with E-state index in [1.165, 1.54) is 5.01 Å². The first-order valence-electron chi connectivity index (χ1n) is 8.17. The Morgan fingerprint density at radius 2 is 1.57 bits per heavy atom. The summed E-state index contributed by atoms with van der Waals surface area (Å²) in [5.74, 6) is 0.467. The molecule has 0 aliphatic rings. The molecule has 0 aromatic rings. The van der Waals surface area contributed by atoms with Gasteiger partial charge in [0.05, 0.1) is 6.54 Å². The normalized spacial score (nSPS) is 12.0. The Morgan fingerprint density at radius 3 is 1.96 bits per heavy atom. The second-order valence-electron chi connectivity index (χ2n) is 7.51. The van der Waals surface area contributed by atoms with Crippen molar-refractivity contribution in [3.8, 4) is 0 Å². The highest BCUT2D eigenvalue weighted by Gasteiger charge is 2.23. The summed E-state index contributed by atoms with van der Waals surface area (Å²) >= 11 is 0. The number of nitrogens with one attached hydrogen (secondary N) is 2. The van der Waals surface area contributed by atoms with Crippen LogP contribution in [-0.4, -0.2) is 54.3 Å². The first kappa shape index (κ1) is 21.7. The van der Waals surface area contributed by atoms with Crippen LogP contribution in [0.1, 0.15) is 48.5 Å². The minimum atomic E-state index is -0.619. The molecule has 0 saturated carbocycles. The lowest BCUT2D eigenvalue weighted by molar-refractivity contribution is -0.137. The Labute approximate surface area is 140 Å². The zero-order valence-electron chi connectivity index (χ0n) is 15.9. The van der Waals surface area contributed by atoms with Gasteiger partial charge in [0.2, 0.25) is 0 Å².